The van der Waals surface area contributed by atoms with E-state index < -0.39 is 0 Å². The van der Waals surface area contributed by atoms with Crippen molar-refractivity contribution in [1.82, 2.24) is 10.4 Å². The number of halogens is 1. The molecule has 0 aromatic heterocycles. The summed E-state index contributed by atoms with van der Waals surface area (Å²) in [6.45, 7) is 4.54. The molecule has 0 radical (unpaired) electrons. The van der Waals surface area contributed by atoms with Crippen molar-refractivity contribution in [2.45, 2.75) is 33.1 Å². The van der Waals surface area contributed by atoms with E-state index in [1.165, 1.54) is 19.3 Å². The molecule has 134 valence electrons. The normalized spacial score (nSPS) is 17.8. The van der Waals surface area contributed by atoms with Crippen molar-refractivity contribution in [2.75, 3.05) is 6.54 Å². The highest BCUT2D eigenvalue weighted by molar-refractivity contribution is 6.31. The number of phenolic OH excluding ortho intramolecular Hbond substituents is 1. The summed E-state index contributed by atoms with van der Waals surface area (Å²) in [7, 11) is 0. The highest BCUT2D eigenvalue weighted by Gasteiger charge is 2.21. The number of benzene rings is 1. The second-order valence-corrected chi connectivity index (χ2v) is 6.72. The standard InChI is InChI=1S/C9H10N2O.C6H5ClO.C5H10/c1-7(12)8-6-10-11-5-3-2-4-9(8)11;7-5-3-1-2-4-6(5)8;1-5-3-2-4-5/h2-5,10H,6H2,1H3;1-4,8H;5H,2-4H2,1H3. The number of fused-ring (bicyclic) bond motifs is 1. The molecule has 1 aromatic rings. The van der Waals surface area contributed by atoms with Crippen LogP contribution in [0.5, 0.6) is 5.75 Å². The Balaban J connectivity index is 0.000000149. The maximum absolute atomic E-state index is 11.1. The maximum Gasteiger partial charge on any atom is 0.159 e. The first-order valence-electron chi connectivity index (χ1n) is 8.54. The van der Waals surface area contributed by atoms with E-state index in [1.807, 2.05) is 29.4 Å². The zero-order valence-electron chi connectivity index (χ0n) is 14.7. The largest absolute Gasteiger partial charge is 0.506 e. The summed E-state index contributed by atoms with van der Waals surface area (Å²) < 4.78 is 0. The van der Waals surface area contributed by atoms with Crippen LogP contribution in [0.4, 0.5) is 0 Å². The van der Waals surface area contributed by atoms with Gasteiger partial charge in [0.05, 0.1) is 10.7 Å². The number of aromatic hydroxyl groups is 1. The van der Waals surface area contributed by atoms with Gasteiger partial charge in [-0.25, -0.2) is 5.43 Å². The average molecular weight is 361 g/mol. The third-order valence-corrected chi connectivity index (χ3v) is 4.59. The number of carbonyl (C=O) groups excluding carboxylic acids is 1. The van der Waals surface area contributed by atoms with Crippen LogP contribution in [0.2, 0.25) is 5.02 Å². The molecule has 0 amide bonds. The van der Waals surface area contributed by atoms with E-state index >= 15 is 0 Å². The molecule has 0 bridgehead atoms. The number of hydrazine groups is 1. The number of Topliss-reactive ketones (excluding diaryl/α,β-unsaturated/α-hetero) is 1. The number of nitrogens with one attached hydrogen (secondary N) is 1. The Morgan fingerprint density at radius 3 is 2.44 bits per heavy atom. The van der Waals surface area contributed by atoms with E-state index in [2.05, 4.69) is 12.3 Å². The summed E-state index contributed by atoms with van der Waals surface area (Å²) in [5, 5.41) is 11.1. The highest BCUT2D eigenvalue weighted by atomic mass is 35.5. The Labute approximate surface area is 154 Å². The predicted molar refractivity (Wildman–Crippen MR) is 102 cm³/mol. The van der Waals surface area contributed by atoms with E-state index in [0.29, 0.717) is 11.6 Å². The van der Waals surface area contributed by atoms with Crippen LogP contribution in [-0.4, -0.2) is 22.4 Å². The number of phenols is 1. The molecule has 25 heavy (non-hydrogen) atoms. The minimum atomic E-state index is 0.133. The second-order valence-electron chi connectivity index (χ2n) is 6.31. The topological polar surface area (TPSA) is 52.6 Å². The van der Waals surface area contributed by atoms with Gasteiger partial charge in [0.1, 0.15) is 5.75 Å². The van der Waals surface area contributed by atoms with E-state index in [-0.39, 0.29) is 11.5 Å². The van der Waals surface area contributed by atoms with Crippen LogP contribution < -0.4 is 5.43 Å². The van der Waals surface area contributed by atoms with Crippen molar-refractivity contribution in [3.05, 3.63) is 65.0 Å². The SMILES string of the molecule is CC(=O)C1=C2C=CC=CN2NC1.CC1CCC1.Oc1ccccc1Cl. The molecule has 0 spiro atoms. The van der Waals surface area contributed by atoms with Crippen molar-refractivity contribution in [2.24, 2.45) is 5.92 Å². The van der Waals surface area contributed by atoms with Crippen molar-refractivity contribution in [3.8, 4) is 5.75 Å². The van der Waals surface area contributed by atoms with E-state index in [9.17, 15) is 4.79 Å². The molecule has 1 aromatic carbocycles. The van der Waals surface area contributed by atoms with Crippen LogP contribution in [0.15, 0.2) is 60.0 Å². The van der Waals surface area contributed by atoms with Gasteiger partial charge < -0.3 is 5.11 Å². The number of nitrogens with zero attached hydrogens (tertiary/aromatic N) is 1. The summed E-state index contributed by atoms with van der Waals surface area (Å²) in [4.78, 5) is 11.1. The summed E-state index contributed by atoms with van der Waals surface area (Å²) in [6.07, 6.45) is 12.2. The second kappa shape index (κ2) is 9.44. The van der Waals surface area contributed by atoms with Gasteiger partial charge in [0, 0.05) is 18.3 Å². The minimum Gasteiger partial charge on any atom is -0.506 e. The fourth-order valence-electron chi connectivity index (χ4n) is 2.45. The predicted octanol–water partition coefficient (Wildman–Crippen LogP) is 4.59. The Kier molecular flexibility index (Phi) is 7.29. The molecule has 1 saturated carbocycles. The average Bonchev–Trinajstić information content (AvgIpc) is 3.01. The lowest BCUT2D eigenvalue weighted by atomic mass is 9.88. The lowest BCUT2D eigenvalue weighted by Gasteiger charge is -2.18. The first-order valence-corrected chi connectivity index (χ1v) is 8.92. The van der Waals surface area contributed by atoms with Gasteiger partial charge in [-0.2, -0.15) is 0 Å². The van der Waals surface area contributed by atoms with Crippen LogP contribution >= 0.6 is 11.6 Å². The molecule has 1 fully saturated rings. The molecule has 0 saturated heterocycles. The summed E-state index contributed by atoms with van der Waals surface area (Å²) in [5.41, 5.74) is 4.92. The lowest BCUT2D eigenvalue weighted by Crippen LogP contribution is -2.26. The van der Waals surface area contributed by atoms with Crippen molar-refractivity contribution >= 4 is 17.4 Å². The fourth-order valence-corrected chi connectivity index (χ4v) is 2.59. The number of carbonyl (C=O) groups is 1. The molecule has 4 nitrogen and oxygen atoms in total. The Hall–Kier alpha value is -2.04. The molecule has 0 atom stereocenters. The number of allylic oxidation sites excluding steroid dienone is 3. The molecule has 5 heteroatoms. The molecule has 3 aliphatic rings. The third kappa shape index (κ3) is 5.76. The molecule has 2 N–H and O–H groups in total. The highest BCUT2D eigenvalue weighted by Crippen LogP contribution is 2.24. The number of para-hydroxylation sites is 1. The van der Waals surface area contributed by atoms with E-state index in [0.717, 1.165) is 17.2 Å². The van der Waals surface area contributed by atoms with Crippen LogP contribution in [0.1, 0.15) is 33.1 Å². The quantitative estimate of drug-likeness (QED) is 0.769. The zero-order valence-corrected chi connectivity index (χ0v) is 15.5. The van der Waals surface area contributed by atoms with Gasteiger partial charge in [-0.1, -0.05) is 56.0 Å². The van der Waals surface area contributed by atoms with Gasteiger partial charge in [0.25, 0.3) is 0 Å². The first kappa shape index (κ1) is 19.3. The summed E-state index contributed by atoms with van der Waals surface area (Å²) in [5.74, 6) is 1.34. The van der Waals surface area contributed by atoms with Crippen molar-refractivity contribution < 1.29 is 9.90 Å². The molecular formula is C20H25ClN2O2. The Morgan fingerprint density at radius 2 is 1.96 bits per heavy atom. The molecule has 1 aliphatic carbocycles. The monoisotopic (exact) mass is 360 g/mol. The maximum atomic E-state index is 11.1. The first-order chi connectivity index (χ1) is 12.0. The smallest absolute Gasteiger partial charge is 0.159 e. The van der Waals surface area contributed by atoms with E-state index in [4.69, 9.17) is 16.7 Å². The van der Waals surface area contributed by atoms with Gasteiger partial charge in [0.2, 0.25) is 0 Å². The van der Waals surface area contributed by atoms with Gasteiger partial charge >= 0.3 is 0 Å². The molecule has 2 heterocycles. The van der Waals surface area contributed by atoms with Gasteiger partial charge in [-0.3, -0.25) is 9.80 Å². The zero-order chi connectivity index (χ0) is 18.2. The summed E-state index contributed by atoms with van der Waals surface area (Å²) >= 11 is 5.46. The molecule has 0 unspecified atom stereocenters. The number of ketones is 1. The number of hydrogen-bond donors (Lipinski definition) is 2. The number of rotatable bonds is 1. The fraction of sp³-hybridized carbons (Fsp3) is 0.350. The van der Waals surface area contributed by atoms with Crippen LogP contribution in [-0.2, 0) is 4.79 Å². The van der Waals surface area contributed by atoms with Gasteiger partial charge in [0.15, 0.2) is 5.78 Å². The Morgan fingerprint density at radius 1 is 1.28 bits per heavy atom. The Bertz CT molecular complexity index is 670. The van der Waals surface area contributed by atoms with Crippen LogP contribution in [0.3, 0.4) is 0 Å². The molecule has 4 rings (SSSR count). The third-order valence-electron chi connectivity index (χ3n) is 4.27. The van der Waals surface area contributed by atoms with Crippen molar-refractivity contribution in [3.63, 3.8) is 0 Å². The van der Waals surface area contributed by atoms with Gasteiger partial charge in [-0.05, 0) is 37.1 Å². The molecular weight excluding hydrogens is 336 g/mol. The minimum absolute atomic E-state index is 0.133. The molecule has 2 aliphatic heterocycles. The number of hydrogen-bond acceptors (Lipinski definition) is 4. The lowest BCUT2D eigenvalue weighted by molar-refractivity contribution is -0.113. The van der Waals surface area contributed by atoms with Gasteiger partial charge in [-0.15, -0.1) is 0 Å². The van der Waals surface area contributed by atoms with Crippen LogP contribution in [0, 0.1) is 5.92 Å². The summed E-state index contributed by atoms with van der Waals surface area (Å²) in [6, 6.07) is 6.67. The van der Waals surface area contributed by atoms with Crippen molar-refractivity contribution in [1.29, 1.82) is 0 Å². The van der Waals surface area contributed by atoms with Crippen LogP contribution in [0.25, 0.3) is 0 Å². The van der Waals surface area contributed by atoms with E-state index in [1.54, 1.807) is 31.2 Å².